The quantitative estimate of drug-likeness (QED) is 0.626. The number of carbonyl (C=O) groups excluding carboxylic acids is 3. The second-order valence-corrected chi connectivity index (χ2v) is 7.99. The number of hydrogen-bond acceptors (Lipinski definition) is 3. The van der Waals surface area contributed by atoms with Gasteiger partial charge in [-0.2, -0.15) is 0 Å². The number of hydrogen-bond donors (Lipinski definition) is 1. The molecule has 0 saturated carbocycles. The lowest BCUT2D eigenvalue weighted by molar-refractivity contribution is -0.122. The summed E-state index contributed by atoms with van der Waals surface area (Å²) < 4.78 is 0. The summed E-state index contributed by atoms with van der Waals surface area (Å²) in [6.07, 6.45) is 3.21. The topological polar surface area (TPSA) is 66.5 Å². The maximum absolute atomic E-state index is 13.1. The summed E-state index contributed by atoms with van der Waals surface area (Å²) in [7, 11) is 0. The van der Waals surface area contributed by atoms with E-state index >= 15 is 0 Å². The van der Waals surface area contributed by atoms with Crippen molar-refractivity contribution in [2.45, 2.75) is 33.6 Å². The van der Waals surface area contributed by atoms with Crippen molar-refractivity contribution in [1.29, 1.82) is 0 Å². The molecule has 0 radical (unpaired) electrons. The fourth-order valence-corrected chi connectivity index (χ4v) is 4.15. The molecule has 4 rings (SSSR count). The molecule has 0 spiro atoms. The number of carbonyl (C=O) groups is 3. The van der Waals surface area contributed by atoms with E-state index in [1.807, 2.05) is 45.0 Å². The van der Waals surface area contributed by atoms with Crippen LogP contribution in [-0.2, 0) is 9.59 Å². The van der Waals surface area contributed by atoms with Gasteiger partial charge in [0.2, 0.25) is 11.8 Å². The van der Waals surface area contributed by atoms with E-state index in [0.29, 0.717) is 29.8 Å². The van der Waals surface area contributed by atoms with Gasteiger partial charge in [-0.3, -0.25) is 14.4 Å². The Morgan fingerprint density at radius 2 is 1.69 bits per heavy atom. The summed E-state index contributed by atoms with van der Waals surface area (Å²) in [5, 5.41) is 2.89. The first-order chi connectivity index (χ1) is 13.9. The minimum absolute atomic E-state index is 0.209. The molecule has 5 heteroatoms. The Kier molecular flexibility index (Phi) is 4.82. The molecule has 3 amide bonds. The van der Waals surface area contributed by atoms with Crippen LogP contribution >= 0.6 is 0 Å². The zero-order valence-electron chi connectivity index (χ0n) is 16.9. The van der Waals surface area contributed by atoms with Crippen LogP contribution in [0.3, 0.4) is 0 Å². The number of fused-ring (bicyclic) bond motifs is 1. The van der Waals surface area contributed by atoms with Crippen molar-refractivity contribution < 1.29 is 14.4 Å². The minimum Gasteiger partial charge on any atom is -0.322 e. The Hall–Kier alpha value is -3.21. The molecule has 1 N–H and O–H groups in total. The third kappa shape index (κ3) is 3.37. The maximum Gasteiger partial charge on any atom is 0.257 e. The van der Waals surface area contributed by atoms with Gasteiger partial charge in [0.25, 0.3) is 5.91 Å². The van der Waals surface area contributed by atoms with Crippen LogP contribution in [0.1, 0.15) is 41.3 Å². The summed E-state index contributed by atoms with van der Waals surface area (Å²) in [5.41, 5.74) is 4.71. The lowest BCUT2D eigenvalue weighted by atomic mass is 9.82. The van der Waals surface area contributed by atoms with E-state index in [0.717, 1.165) is 16.7 Å². The van der Waals surface area contributed by atoms with Gasteiger partial charge < -0.3 is 5.32 Å². The van der Waals surface area contributed by atoms with E-state index in [1.54, 1.807) is 24.3 Å². The average Bonchev–Trinajstić information content (AvgIpc) is 2.94. The molecule has 1 heterocycles. The molecule has 2 aliphatic rings. The number of aryl methyl sites for hydroxylation is 2. The van der Waals surface area contributed by atoms with Crippen molar-refractivity contribution in [3.05, 3.63) is 70.8 Å². The van der Waals surface area contributed by atoms with Crippen LogP contribution in [0.25, 0.3) is 0 Å². The molecule has 1 aliphatic carbocycles. The number of rotatable bonds is 3. The van der Waals surface area contributed by atoms with Crippen molar-refractivity contribution in [1.82, 2.24) is 0 Å². The van der Waals surface area contributed by atoms with Crippen molar-refractivity contribution in [3.8, 4) is 0 Å². The Labute approximate surface area is 170 Å². The number of benzene rings is 2. The monoisotopic (exact) mass is 388 g/mol. The minimum atomic E-state index is -0.339. The number of anilines is 2. The fraction of sp³-hybridized carbons (Fsp3) is 0.292. The van der Waals surface area contributed by atoms with Crippen LogP contribution in [0.4, 0.5) is 11.4 Å². The van der Waals surface area contributed by atoms with Crippen molar-refractivity contribution in [2.75, 3.05) is 10.2 Å². The van der Waals surface area contributed by atoms with Gasteiger partial charge in [0, 0.05) is 5.69 Å². The second kappa shape index (κ2) is 7.32. The standard InChI is InChI=1S/C24H24N2O3/c1-14-8-11-18-20(12-14)24(29)26(23(18)28)21-7-5-4-6-19(21)22(27)25-17-10-9-15(2)16(3)13-17/h4-10,13,18,20H,11-12H2,1-3H3,(H,25,27)/t18-,20+/m0/s1. The van der Waals surface area contributed by atoms with Gasteiger partial charge in [-0.25, -0.2) is 4.90 Å². The highest BCUT2D eigenvalue weighted by molar-refractivity contribution is 6.25. The normalized spacial score (nSPS) is 21.1. The van der Waals surface area contributed by atoms with E-state index < -0.39 is 0 Å². The predicted molar refractivity (Wildman–Crippen MR) is 113 cm³/mol. The van der Waals surface area contributed by atoms with Gasteiger partial charge in [0.15, 0.2) is 0 Å². The van der Waals surface area contributed by atoms with Crippen LogP contribution in [0.15, 0.2) is 54.1 Å². The SMILES string of the molecule is CC1=CC[C@@H]2C(=O)N(c3ccccc3C(=O)Nc3ccc(C)c(C)c3)C(=O)[C@@H]2C1. The molecule has 148 valence electrons. The number of amides is 3. The molecule has 0 aromatic heterocycles. The number of imide groups is 1. The highest BCUT2D eigenvalue weighted by Gasteiger charge is 2.49. The first-order valence-corrected chi connectivity index (χ1v) is 9.88. The predicted octanol–water partition coefficient (Wildman–Crippen LogP) is 4.40. The number of para-hydroxylation sites is 1. The zero-order valence-corrected chi connectivity index (χ0v) is 16.9. The Balaban J connectivity index is 1.65. The second-order valence-electron chi connectivity index (χ2n) is 7.99. The summed E-state index contributed by atoms with van der Waals surface area (Å²) in [6.45, 7) is 5.98. The molecule has 29 heavy (non-hydrogen) atoms. The van der Waals surface area contributed by atoms with Crippen LogP contribution in [0.5, 0.6) is 0 Å². The van der Waals surface area contributed by atoms with Gasteiger partial charge in [0.05, 0.1) is 23.1 Å². The first kappa shape index (κ1) is 19.1. The van der Waals surface area contributed by atoms with Gasteiger partial charge in [-0.05, 0) is 69.0 Å². The highest BCUT2D eigenvalue weighted by atomic mass is 16.2. The summed E-state index contributed by atoms with van der Waals surface area (Å²) in [6, 6.07) is 12.5. The van der Waals surface area contributed by atoms with E-state index in [2.05, 4.69) is 5.32 Å². The highest BCUT2D eigenvalue weighted by Crippen LogP contribution is 2.40. The van der Waals surface area contributed by atoms with Crippen LogP contribution in [0, 0.1) is 25.7 Å². The van der Waals surface area contributed by atoms with Gasteiger partial charge in [-0.15, -0.1) is 0 Å². The van der Waals surface area contributed by atoms with Crippen molar-refractivity contribution in [3.63, 3.8) is 0 Å². The van der Waals surface area contributed by atoms with E-state index in [4.69, 9.17) is 0 Å². The molecule has 2 aromatic carbocycles. The Morgan fingerprint density at radius 1 is 0.966 bits per heavy atom. The van der Waals surface area contributed by atoms with E-state index in [1.165, 1.54) is 4.90 Å². The first-order valence-electron chi connectivity index (χ1n) is 9.88. The number of allylic oxidation sites excluding steroid dienone is 2. The molecule has 1 fully saturated rings. The molecule has 0 unspecified atom stereocenters. The average molecular weight is 388 g/mol. The molecular weight excluding hydrogens is 364 g/mol. The number of nitrogens with one attached hydrogen (secondary N) is 1. The van der Waals surface area contributed by atoms with Crippen LogP contribution < -0.4 is 10.2 Å². The molecule has 0 bridgehead atoms. The van der Waals surface area contributed by atoms with Crippen LogP contribution in [0.2, 0.25) is 0 Å². The van der Waals surface area contributed by atoms with Crippen LogP contribution in [-0.4, -0.2) is 17.7 Å². The van der Waals surface area contributed by atoms with Crippen molar-refractivity contribution in [2.24, 2.45) is 11.8 Å². The summed E-state index contributed by atoms with van der Waals surface area (Å²) in [5.74, 6) is -1.42. The molecule has 5 nitrogen and oxygen atoms in total. The molecule has 1 saturated heterocycles. The van der Waals surface area contributed by atoms with Gasteiger partial charge in [0.1, 0.15) is 0 Å². The zero-order chi connectivity index (χ0) is 20.7. The molecule has 2 aromatic rings. The number of nitrogens with zero attached hydrogens (tertiary/aromatic N) is 1. The molecule has 1 aliphatic heterocycles. The van der Waals surface area contributed by atoms with E-state index in [9.17, 15) is 14.4 Å². The Bertz CT molecular complexity index is 1050. The molecule has 2 atom stereocenters. The largest absolute Gasteiger partial charge is 0.322 e. The fourth-order valence-electron chi connectivity index (χ4n) is 4.15. The lowest BCUT2D eigenvalue weighted by Crippen LogP contribution is -2.33. The smallest absolute Gasteiger partial charge is 0.257 e. The Morgan fingerprint density at radius 3 is 2.45 bits per heavy atom. The third-order valence-corrected chi connectivity index (χ3v) is 5.98. The van der Waals surface area contributed by atoms with Gasteiger partial charge in [-0.1, -0.05) is 29.8 Å². The van der Waals surface area contributed by atoms with Gasteiger partial charge >= 0.3 is 0 Å². The third-order valence-electron chi connectivity index (χ3n) is 5.98. The lowest BCUT2D eigenvalue weighted by Gasteiger charge is -2.19. The molecular formula is C24H24N2O3. The van der Waals surface area contributed by atoms with E-state index in [-0.39, 0.29) is 29.6 Å². The van der Waals surface area contributed by atoms with Crippen molar-refractivity contribution >= 4 is 29.1 Å². The maximum atomic E-state index is 13.1. The summed E-state index contributed by atoms with van der Waals surface area (Å²) >= 11 is 0. The summed E-state index contributed by atoms with van der Waals surface area (Å²) in [4.78, 5) is 40.3.